The van der Waals surface area contributed by atoms with Gasteiger partial charge in [-0.3, -0.25) is 0 Å². The summed E-state index contributed by atoms with van der Waals surface area (Å²) in [5, 5.41) is 8.16. The molecule has 1 heterocycles. The van der Waals surface area contributed by atoms with E-state index in [4.69, 9.17) is 4.98 Å². The predicted molar refractivity (Wildman–Crippen MR) is 133 cm³/mol. The maximum atomic E-state index is 4.78. The van der Waals surface area contributed by atoms with E-state index in [1.807, 2.05) is 6.07 Å². The highest BCUT2D eigenvalue weighted by atomic mass is 15.1. The highest BCUT2D eigenvalue weighted by Crippen LogP contribution is 2.28. The fraction of sp³-hybridized carbons (Fsp3) is 0.222. The molecule has 0 saturated heterocycles. The third-order valence-electron chi connectivity index (χ3n) is 5.43. The standard InChI is InChI=1S/C27H30N4/c1-31(2)26-20-27(30-25-11-7-6-10-24(25)26)29-23-14-12-22(13-15-23)17-19-28-18-16-21-8-4-3-5-9-21/h3-15,20,28H,16-19H2,1-2H3,(H,29,30). The van der Waals surface area contributed by atoms with Gasteiger partial charge in [-0.1, -0.05) is 60.7 Å². The van der Waals surface area contributed by atoms with E-state index >= 15 is 0 Å². The highest BCUT2D eigenvalue weighted by Gasteiger charge is 2.07. The van der Waals surface area contributed by atoms with Crippen LogP contribution in [0.4, 0.5) is 17.2 Å². The van der Waals surface area contributed by atoms with E-state index in [0.29, 0.717) is 0 Å². The molecule has 3 aromatic carbocycles. The average Bonchev–Trinajstić information content (AvgIpc) is 2.80. The normalized spacial score (nSPS) is 10.9. The summed E-state index contributed by atoms with van der Waals surface area (Å²) in [6, 6.07) is 29.6. The van der Waals surface area contributed by atoms with Crippen molar-refractivity contribution < 1.29 is 0 Å². The Kier molecular flexibility index (Phi) is 6.80. The Morgan fingerprint density at radius 1 is 0.742 bits per heavy atom. The third kappa shape index (κ3) is 5.62. The molecule has 0 fully saturated rings. The Balaban J connectivity index is 1.32. The van der Waals surface area contributed by atoms with Gasteiger partial charge < -0.3 is 15.5 Å². The van der Waals surface area contributed by atoms with E-state index in [1.165, 1.54) is 11.1 Å². The van der Waals surface area contributed by atoms with E-state index in [0.717, 1.165) is 54.0 Å². The molecule has 0 unspecified atom stereocenters. The second kappa shape index (κ2) is 10.1. The topological polar surface area (TPSA) is 40.2 Å². The molecule has 4 nitrogen and oxygen atoms in total. The lowest BCUT2D eigenvalue weighted by Crippen LogP contribution is -2.20. The van der Waals surface area contributed by atoms with Crippen LogP contribution >= 0.6 is 0 Å². The summed E-state index contributed by atoms with van der Waals surface area (Å²) in [4.78, 5) is 6.91. The summed E-state index contributed by atoms with van der Waals surface area (Å²) >= 11 is 0. The van der Waals surface area contributed by atoms with Crippen LogP contribution in [0.3, 0.4) is 0 Å². The van der Waals surface area contributed by atoms with Gasteiger partial charge in [0.2, 0.25) is 0 Å². The number of aromatic nitrogens is 1. The van der Waals surface area contributed by atoms with Gasteiger partial charge in [0, 0.05) is 36.9 Å². The van der Waals surface area contributed by atoms with E-state index in [-0.39, 0.29) is 0 Å². The maximum Gasteiger partial charge on any atom is 0.133 e. The quantitative estimate of drug-likeness (QED) is 0.362. The number of hydrogen-bond donors (Lipinski definition) is 2. The Hall–Kier alpha value is -3.37. The molecule has 0 aliphatic rings. The first-order chi connectivity index (χ1) is 15.2. The van der Waals surface area contributed by atoms with Crippen LogP contribution in [0.1, 0.15) is 11.1 Å². The van der Waals surface area contributed by atoms with Gasteiger partial charge in [-0.25, -0.2) is 4.98 Å². The van der Waals surface area contributed by atoms with Crippen molar-refractivity contribution in [3.8, 4) is 0 Å². The van der Waals surface area contributed by atoms with E-state index in [2.05, 4.69) is 108 Å². The van der Waals surface area contributed by atoms with Crippen molar-refractivity contribution in [2.24, 2.45) is 0 Å². The molecule has 31 heavy (non-hydrogen) atoms. The van der Waals surface area contributed by atoms with Crippen molar-refractivity contribution in [3.63, 3.8) is 0 Å². The molecule has 0 amide bonds. The molecule has 0 atom stereocenters. The lowest BCUT2D eigenvalue weighted by Gasteiger charge is -2.17. The Morgan fingerprint density at radius 2 is 1.39 bits per heavy atom. The smallest absolute Gasteiger partial charge is 0.133 e. The van der Waals surface area contributed by atoms with Crippen LogP contribution < -0.4 is 15.5 Å². The van der Waals surface area contributed by atoms with Gasteiger partial charge >= 0.3 is 0 Å². The molecule has 0 saturated carbocycles. The number of fused-ring (bicyclic) bond motifs is 1. The Bertz CT molecular complexity index is 1110. The number of rotatable bonds is 9. The minimum atomic E-state index is 0.859. The maximum absolute atomic E-state index is 4.78. The molecule has 158 valence electrons. The fourth-order valence-corrected chi connectivity index (χ4v) is 3.73. The molecule has 4 heteroatoms. The minimum Gasteiger partial charge on any atom is -0.377 e. The van der Waals surface area contributed by atoms with Crippen LogP contribution in [-0.4, -0.2) is 32.2 Å². The van der Waals surface area contributed by atoms with Crippen molar-refractivity contribution in [3.05, 3.63) is 96.1 Å². The second-order valence-corrected chi connectivity index (χ2v) is 8.00. The van der Waals surface area contributed by atoms with E-state index in [1.54, 1.807) is 0 Å². The molecule has 0 spiro atoms. The molecule has 0 radical (unpaired) electrons. The van der Waals surface area contributed by atoms with Crippen LogP contribution in [0.25, 0.3) is 10.9 Å². The summed E-state index contributed by atoms with van der Waals surface area (Å²) in [6.45, 7) is 1.99. The van der Waals surface area contributed by atoms with Gasteiger partial charge in [0.15, 0.2) is 0 Å². The van der Waals surface area contributed by atoms with Crippen LogP contribution in [0.2, 0.25) is 0 Å². The van der Waals surface area contributed by atoms with Crippen LogP contribution in [0.5, 0.6) is 0 Å². The molecular formula is C27H30N4. The van der Waals surface area contributed by atoms with Gasteiger partial charge in [0.05, 0.1) is 5.52 Å². The van der Waals surface area contributed by atoms with Gasteiger partial charge in [0.1, 0.15) is 5.82 Å². The lowest BCUT2D eigenvalue weighted by molar-refractivity contribution is 0.682. The first-order valence-corrected chi connectivity index (χ1v) is 10.9. The predicted octanol–water partition coefficient (Wildman–Crippen LogP) is 5.42. The summed E-state index contributed by atoms with van der Waals surface area (Å²) in [5.41, 5.74) is 5.91. The van der Waals surface area contributed by atoms with Crippen molar-refractivity contribution in [1.29, 1.82) is 0 Å². The largest absolute Gasteiger partial charge is 0.377 e. The van der Waals surface area contributed by atoms with Crippen molar-refractivity contribution >= 4 is 28.1 Å². The summed E-state index contributed by atoms with van der Waals surface area (Å²) in [7, 11) is 4.13. The third-order valence-corrected chi connectivity index (χ3v) is 5.43. The monoisotopic (exact) mass is 410 g/mol. The molecule has 2 N–H and O–H groups in total. The van der Waals surface area contributed by atoms with Crippen LogP contribution in [-0.2, 0) is 12.8 Å². The lowest BCUT2D eigenvalue weighted by atomic mass is 10.1. The first-order valence-electron chi connectivity index (χ1n) is 10.9. The Labute approximate surface area is 184 Å². The van der Waals surface area contributed by atoms with Crippen molar-refractivity contribution in [2.75, 3.05) is 37.4 Å². The van der Waals surface area contributed by atoms with E-state index < -0.39 is 0 Å². The average molecular weight is 411 g/mol. The molecular weight excluding hydrogens is 380 g/mol. The second-order valence-electron chi connectivity index (χ2n) is 8.00. The summed E-state index contributed by atoms with van der Waals surface area (Å²) in [6.07, 6.45) is 2.09. The van der Waals surface area contributed by atoms with E-state index in [9.17, 15) is 0 Å². The van der Waals surface area contributed by atoms with Crippen molar-refractivity contribution in [2.45, 2.75) is 12.8 Å². The van der Waals surface area contributed by atoms with Gasteiger partial charge in [-0.2, -0.15) is 0 Å². The molecule has 0 aliphatic carbocycles. The van der Waals surface area contributed by atoms with Crippen LogP contribution in [0.15, 0.2) is 84.9 Å². The molecule has 1 aromatic heterocycles. The van der Waals surface area contributed by atoms with Crippen LogP contribution in [0, 0.1) is 0 Å². The number of hydrogen-bond acceptors (Lipinski definition) is 4. The summed E-state index contributed by atoms with van der Waals surface area (Å²) in [5.74, 6) is 0.859. The zero-order valence-electron chi connectivity index (χ0n) is 18.3. The molecule has 4 aromatic rings. The zero-order chi connectivity index (χ0) is 21.5. The summed E-state index contributed by atoms with van der Waals surface area (Å²) < 4.78 is 0. The fourth-order valence-electron chi connectivity index (χ4n) is 3.73. The first kappa shape index (κ1) is 20.9. The highest BCUT2D eigenvalue weighted by molar-refractivity contribution is 5.93. The minimum absolute atomic E-state index is 0.859. The Morgan fingerprint density at radius 3 is 2.10 bits per heavy atom. The number of para-hydroxylation sites is 1. The van der Waals surface area contributed by atoms with Crippen molar-refractivity contribution in [1.82, 2.24) is 10.3 Å². The van der Waals surface area contributed by atoms with Gasteiger partial charge in [0.25, 0.3) is 0 Å². The van der Waals surface area contributed by atoms with Gasteiger partial charge in [-0.15, -0.1) is 0 Å². The SMILES string of the molecule is CN(C)c1cc(Nc2ccc(CCNCCc3ccccc3)cc2)nc2ccccc12. The molecule has 0 aliphatic heterocycles. The zero-order valence-corrected chi connectivity index (χ0v) is 18.3. The number of anilines is 3. The molecule has 0 bridgehead atoms. The molecule has 4 rings (SSSR count). The number of pyridine rings is 1. The van der Waals surface area contributed by atoms with Gasteiger partial charge in [-0.05, 0) is 55.3 Å². The number of nitrogens with zero attached hydrogens (tertiary/aromatic N) is 2. The number of nitrogens with one attached hydrogen (secondary N) is 2. The number of benzene rings is 3.